The Morgan fingerprint density at radius 1 is 1.39 bits per heavy atom. The minimum atomic E-state index is -3.51. The van der Waals surface area contributed by atoms with E-state index in [1.807, 2.05) is 0 Å². The standard InChI is InChI=1S/C11H11N4O7P/c16-10-11(17)14-9-5(3-12-8-4-23(20,21)22-8)1-6(15(18)19)2-7(9)13-10/h1-2,8,12H,3-4H2,(H,13,16)(H,14,17)(H,20,21). The lowest BCUT2D eigenvalue weighted by Crippen LogP contribution is -2.41. The van der Waals surface area contributed by atoms with E-state index >= 15 is 0 Å². The van der Waals surface area contributed by atoms with Crippen LogP contribution in [0.25, 0.3) is 11.0 Å². The van der Waals surface area contributed by atoms with Crippen LogP contribution in [0, 0.1) is 10.1 Å². The Morgan fingerprint density at radius 2 is 2.04 bits per heavy atom. The second-order valence-electron chi connectivity index (χ2n) is 4.99. The van der Waals surface area contributed by atoms with Crippen LogP contribution < -0.4 is 16.4 Å². The topological polar surface area (TPSA) is 167 Å². The van der Waals surface area contributed by atoms with Gasteiger partial charge in [0.1, 0.15) is 6.23 Å². The number of nitro benzene ring substituents is 1. The molecule has 11 nitrogen and oxygen atoms in total. The lowest BCUT2D eigenvalue weighted by molar-refractivity contribution is -0.384. The van der Waals surface area contributed by atoms with Crippen molar-refractivity contribution < 1.29 is 18.9 Å². The van der Waals surface area contributed by atoms with Gasteiger partial charge in [-0.3, -0.25) is 34.1 Å². The maximum atomic E-state index is 11.4. The van der Waals surface area contributed by atoms with Crippen molar-refractivity contribution in [3.8, 4) is 0 Å². The number of fused-ring (bicyclic) bond motifs is 1. The first-order valence-corrected chi connectivity index (χ1v) is 8.19. The maximum absolute atomic E-state index is 11.4. The van der Waals surface area contributed by atoms with Gasteiger partial charge in [0.2, 0.25) is 0 Å². The maximum Gasteiger partial charge on any atom is 0.333 e. The average Bonchev–Trinajstić information content (AvgIpc) is 2.43. The summed E-state index contributed by atoms with van der Waals surface area (Å²) < 4.78 is 15.8. The second kappa shape index (κ2) is 5.39. The number of benzene rings is 1. The molecule has 1 aliphatic rings. The van der Waals surface area contributed by atoms with Crippen molar-refractivity contribution in [1.29, 1.82) is 0 Å². The first kappa shape index (κ1) is 15.6. The van der Waals surface area contributed by atoms with Gasteiger partial charge in [-0.05, 0) is 5.56 Å². The lowest BCUT2D eigenvalue weighted by atomic mass is 10.1. The highest BCUT2D eigenvalue weighted by Gasteiger charge is 2.39. The van der Waals surface area contributed by atoms with Gasteiger partial charge in [-0.15, -0.1) is 0 Å². The number of nitrogens with zero attached hydrogens (tertiary/aromatic N) is 1. The highest BCUT2D eigenvalue weighted by molar-refractivity contribution is 7.54. The van der Waals surface area contributed by atoms with Gasteiger partial charge in [0.05, 0.1) is 22.1 Å². The fraction of sp³-hybridized carbons (Fsp3) is 0.273. The van der Waals surface area contributed by atoms with Crippen LogP contribution in [0.1, 0.15) is 5.56 Å². The van der Waals surface area contributed by atoms with Gasteiger partial charge in [0.25, 0.3) is 5.69 Å². The highest BCUT2D eigenvalue weighted by atomic mass is 31.2. The molecule has 1 aliphatic heterocycles. The molecule has 3 rings (SSSR count). The molecule has 1 aromatic heterocycles. The quantitative estimate of drug-likeness (QED) is 0.255. The third-order valence-electron chi connectivity index (χ3n) is 3.32. The first-order valence-electron chi connectivity index (χ1n) is 6.42. The average molecular weight is 342 g/mol. The summed E-state index contributed by atoms with van der Waals surface area (Å²) in [4.78, 5) is 46.8. The van der Waals surface area contributed by atoms with Crippen molar-refractivity contribution in [2.24, 2.45) is 0 Å². The molecule has 0 bridgehead atoms. The molecule has 0 aliphatic carbocycles. The summed E-state index contributed by atoms with van der Waals surface area (Å²) in [5.41, 5.74) is -1.37. The largest absolute Gasteiger partial charge is 0.333 e. The third kappa shape index (κ3) is 3.08. The molecule has 1 fully saturated rings. The fourth-order valence-electron chi connectivity index (χ4n) is 2.25. The third-order valence-corrected chi connectivity index (χ3v) is 4.69. The number of hydrogen-bond donors (Lipinski definition) is 4. The smallest absolute Gasteiger partial charge is 0.324 e. The highest BCUT2D eigenvalue weighted by Crippen LogP contribution is 2.52. The van der Waals surface area contributed by atoms with Crippen molar-refractivity contribution in [1.82, 2.24) is 15.3 Å². The predicted octanol–water partition coefficient (Wildman–Crippen LogP) is -0.244. The van der Waals surface area contributed by atoms with Crippen molar-refractivity contribution in [3.63, 3.8) is 0 Å². The second-order valence-corrected chi connectivity index (χ2v) is 6.84. The lowest BCUT2D eigenvalue weighted by Gasteiger charge is -2.31. The minimum absolute atomic E-state index is 0.0326. The van der Waals surface area contributed by atoms with E-state index in [9.17, 15) is 24.3 Å². The van der Waals surface area contributed by atoms with Gasteiger partial charge in [0.15, 0.2) is 0 Å². The summed E-state index contributed by atoms with van der Waals surface area (Å²) in [5, 5.41) is 13.8. The molecule has 12 heteroatoms. The normalized spacial score (nSPS) is 23.6. The number of aromatic nitrogens is 2. The van der Waals surface area contributed by atoms with E-state index in [2.05, 4.69) is 15.3 Å². The summed E-state index contributed by atoms with van der Waals surface area (Å²) in [7, 11) is -3.51. The van der Waals surface area contributed by atoms with Gasteiger partial charge in [-0.1, -0.05) is 0 Å². The molecule has 0 saturated carbocycles. The van der Waals surface area contributed by atoms with Crippen molar-refractivity contribution >= 4 is 24.3 Å². The predicted molar refractivity (Wildman–Crippen MR) is 78.2 cm³/mol. The number of non-ortho nitro benzene ring substituents is 1. The summed E-state index contributed by atoms with van der Waals surface area (Å²) >= 11 is 0. The minimum Gasteiger partial charge on any atom is -0.324 e. The van der Waals surface area contributed by atoms with E-state index in [0.29, 0.717) is 5.56 Å². The van der Waals surface area contributed by atoms with Crippen molar-refractivity contribution in [2.75, 3.05) is 6.16 Å². The van der Waals surface area contributed by atoms with Crippen LogP contribution in [0.2, 0.25) is 0 Å². The molecule has 2 atom stereocenters. The van der Waals surface area contributed by atoms with Crippen LogP contribution in [0.15, 0.2) is 21.7 Å². The SMILES string of the molecule is O=c1[nH]c2cc([N+](=O)[O-])cc(CNC3CP(=O)(O)O3)c2[nH]c1=O. The van der Waals surface area contributed by atoms with Gasteiger partial charge >= 0.3 is 18.7 Å². The van der Waals surface area contributed by atoms with Gasteiger partial charge in [-0.25, -0.2) is 0 Å². The molecule has 122 valence electrons. The van der Waals surface area contributed by atoms with Crippen molar-refractivity contribution in [3.05, 3.63) is 48.5 Å². The summed E-state index contributed by atoms with van der Waals surface area (Å²) in [6.45, 7) is 0.0326. The monoisotopic (exact) mass is 342 g/mol. The molecule has 0 radical (unpaired) electrons. The molecule has 1 saturated heterocycles. The molecular weight excluding hydrogens is 331 g/mol. The molecule has 1 aromatic carbocycles. The van der Waals surface area contributed by atoms with E-state index in [-0.39, 0.29) is 29.4 Å². The van der Waals surface area contributed by atoms with Crippen LogP contribution in [-0.2, 0) is 15.6 Å². The molecule has 4 N–H and O–H groups in total. The zero-order chi connectivity index (χ0) is 16.8. The Morgan fingerprint density at radius 3 is 2.65 bits per heavy atom. The molecular formula is C11H11N4O7P. The molecule has 0 amide bonds. The fourth-order valence-corrected chi connectivity index (χ4v) is 3.25. The number of nitrogens with one attached hydrogen (secondary N) is 3. The zero-order valence-electron chi connectivity index (χ0n) is 11.4. The van der Waals surface area contributed by atoms with Crippen LogP contribution in [0.4, 0.5) is 5.69 Å². The number of rotatable bonds is 4. The molecule has 23 heavy (non-hydrogen) atoms. The van der Waals surface area contributed by atoms with E-state index in [1.165, 1.54) is 6.07 Å². The van der Waals surface area contributed by atoms with Crippen LogP contribution in [0.5, 0.6) is 0 Å². The Kier molecular flexibility index (Phi) is 3.65. The van der Waals surface area contributed by atoms with Crippen molar-refractivity contribution in [2.45, 2.75) is 12.8 Å². The number of H-pyrrole nitrogens is 2. The number of aromatic amines is 2. The first-order chi connectivity index (χ1) is 10.7. The van der Waals surface area contributed by atoms with E-state index in [1.54, 1.807) is 0 Å². The van der Waals surface area contributed by atoms with E-state index < -0.39 is 29.9 Å². The number of nitro groups is 1. The van der Waals surface area contributed by atoms with Crippen LogP contribution in [-0.4, -0.2) is 32.2 Å². The summed E-state index contributed by atoms with van der Waals surface area (Å²) in [6.07, 6.45) is -0.734. The van der Waals surface area contributed by atoms with Gasteiger partial charge < -0.3 is 14.9 Å². The van der Waals surface area contributed by atoms with Crippen LogP contribution in [0.3, 0.4) is 0 Å². The Labute approximate surface area is 127 Å². The molecule has 2 heterocycles. The van der Waals surface area contributed by atoms with Crippen LogP contribution >= 0.6 is 7.60 Å². The zero-order valence-corrected chi connectivity index (χ0v) is 12.3. The Hall–Kier alpha value is -2.33. The number of hydrogen-bond acceptors (Lipinski definition) is 7. The Bertz CT molecular complexity index is 955. The van der Waals surface area contributed by atoms with E-state index in [0.717, 1.165) is 6.07 Å². The molecule has 2 aromatic rings. The van der Waals surface area contributed by atoms with E-state index in [4.69, 9.17) is 9.42 Å². The Balaban J connectivity index is 1.98. The summed E-state index contributed by atoms with van der Waals surface area (Å²) in [6, 6.07) is 2.37. The van der Waals surface area contributed by atoms with Gasteiger partial charge in [-0.2, -0.15) is 0 Å². The summed E-state index contributed by atoms with van der Waals surface area (Å²) in [5.74, 6) is 0. The molecule has 2 unspecified atom stereocenters. The molecule has 0 spiro atoms. The van der Waals surface area contributed by atoms with Gasteiger partial charge in [0, 0.05) is 18.7 Å².